The monoisotopic (exact) mass is 527 g/mol. The van der Waals surface area contributed by atoms with Crippen molar-refractivity contribution in [2.75, 3.05) is 13.7 Å². The maximum Gasteiger partial charge on any atom is 0.255 e. The maximum atomic E-state index is 13.2. The topological polar surface area (TPSA) is 73.1 Å². The molecule has 0 aliphatic carbocycles. The Labute approximate surface area is 211 Å². The summed E-state index contributed by atoms with van der Waals surface area (Å²) in [5.74, 6) is 7.11. The van der Waals surface area contributed by atoms with Gasteiger partial charge >= 0.3 is 0 Å². The number of halogens is 1. The molecule has 0 N–H and O–H groups in total. The summed E-state index contributed by atoms with van der Waals surface area (Å²) >= 11 is 3.58. The number of nitrogens with zero attached hydrogens (tertiary/aromatic N) is 5. The van der Waals surface area contributed by atoms with Crippen molar-refractivity contribution in [3.63, 3.8) is 0 Å². The Morgan fingerprint density at radius 2 is 1.91 bits per heavy atom. The van der Waals surface area contributed by atoms with Crippen LogP contribution in [0.25, 0.3) is 0 Å². The summed E-state index contributed by atoms with van der Waals surface area (Å²) in [6.45, 7) is 0.828. The van der Waals surface area contributed by atoms with Crippen LogP contribution in [0.4, 0.5) is 0 Å². The lowest BCUT2D eigenvalue weighted by Gasteiger charge is -2.23. The summed E-state index contributed by atoms with van der Waals surface area (Å²) in [5, 5.41) is 8.19. The van der Waals surface area contributed by atoms with Gasteiger partial charge in [-0.15, -0.1) is 5.10 Å². The molecule has 0 radical (unpaired) electrons. The van der Waals surface area contributed by atoms with Crippen LogP contribution < -0.4 is 4.74 Å². The fourth-order valence-corrected chi connectivity index (χ4v) is 4.61. The first kappa shape index (κ1) is 22.8. The first-order valence-corrected chi connectivity index (χ1v) is 11.9. The van der Waals surface area contributed by atoms with Gasteiger partial charge in [0.2, 0.25) is 0 Å². The molecule has 0 saturated heterocycles. The minimum absolute atomic E-state index is 0.0168. The van der Waals surface area contributed by atoms with E-state index in [1.54, 1.807) is 24.2 Å². The van der Waals surface area contributed by atoms with Gasteiger partial charge in [-0.25, -0.2) is 4.68 Å². The van der Waals surface area contributed by atoms with Crippen LogP contribution in [0.15, 0.2) is 77.5 Å². The molecule has 0 saturated carbocycles. The fraction of sp³-hybridized carbons (Fsp3) is 0.185. The lowest BCUT2D eigenvalue weighted by atomic mass is 10.0. The predicted octanol–water partition coefficient (Wildman–Crippen LogP) is 4.28. The summed E-state index contributed by atoms with van der Waals surface area (Å²) in [4.78, 5) is 19.5. The lowest BCUT2D eigenvalue weighted by Crippen LogP contribution is -2.30. The van der Waals surface area contributed by atoms with E-state index < -0.39 is 0 Å². The molecule has 1 amide bonds. The van der Waals surface area contributed by atoms with Crippen LogP contribution in [-0.2, 0) is 13.0 Å². The van der Waals surface area contributed by atoms with E-state index in [4.69, 9.17) is 4.74 Å². The molecule has 0 bridgehead atoms. The summed E-state index contributed by atoms with van der Waals surface area (Å²) in [6.07, 6.45) is 4.01. The van der Waals surface area contributed by atoms with Crippen molar-refractivity contribution in [2.45, 2.75) is 19.0 Å². The maximum absolute atomic E-state index is 13.2. The molecule has 35 heavy (non-hydrogen) atoms. The van der Waals surface area contributed by atoms with Crippen molar-refractivity contribution in [3.05, 3.63) is 106 Å². The van der Waals surface area contributed by atoms with Crippen molar-refractivity contribution >= 4 is 21.8 Å². The average Bonchev–Trinajstić information content (AvgIpc) is 3.43. The molecule has 0 fully saturated rings. The largest absolute Gasteiger partial charge is 0.497 e. The van der Waals surface area contributed by atoms with E-state index in [0.29, 0.717) is 18.7 Å². The molecule has 1 atom stereocenters. The molecule has 7 nitrogen and oxygen atoms in total. The number of hydrogen-bond donors (Lipinski definition) is 0. The Bertz CT molecular complexity index is 1420. The van der Waals surface area contributed by atoms with Crippen LogP contribution in [-0.4, -0.2) is 44.4 Å². The third-order valence-corrected chi connectivity index (χ3v) is 6.71. The highest BCUT2D eigenvalue weighted by Gasteiger charge is 2.36. The van der Waals surface area contributed by atoms with E-state index in [1.165, 1.54) is 0 Å². The van der Waals surface area contributed by atoms with Crippen molar-refractivity contribution < 1.29 is 9.53 Å². The number of carbonyl (C=O) groups is 1. The van der Waals surface area contributed by atoms with E-state index in [0.717, 1.165) is 32.6 Å². The number of pyridine rings is 1. The lowest BCUT2D eigenvalue weighted by molar-refractivity contribution is 0.0750. The molecule has 174 valence electrons. The molecule has 5 rings (SSSR count). The summed E-state index contributed by atoms with van der Waals surface area (Å²) in [7, 11) is 1.64. The Kier molecular flexibility index (Phi) is 6.59. The minimum atomic E-state index is -0.137. The third-order valence-electron chi connectivity index (χ3n) is 5.98. The van der Waals surface area contributed by atoms with Gasteiger partial charge in [-0.1, -0.05) is 41.5 Å². The zero-order valence-corrected chi connectivity index (χ0v) is 20.6. The Morgan fingerprint density at radius 3 is 2.71 bits per heavy atom. The molecule has 2 aromatic heterocycles. The zero-order chi connectivity index (χ0) is 24.2. The van der Waals surface area contributed by atoms with Crippen LogP contribution in [0.1, 0.15) is 38.9 Å². The Morgan fingerprint density at radius 1 is 1.09 bits per heavy atom. The number of methoxy groups -OCH3 is 1. The second-order valence-electron chi connectivity index (χ2n) is 8.10. The SMILES string of the molecule is COc1ccc(Cn2nncc2C#CCN2C(=O)c3ccccc3C2Cc2ncccc2Br)cc1. The number of benzene rings is 2. The number of ether oxygens (including phenoxy) is 1. The Hall–Kier alpha value is -3.96. The molecule has 8 heteroatoms. The quantitative estimate of drug-likeness (QED) is 0.350. The Balaban J connectivity index is 1.36. The molecule has 2 aromatic carbocycles. The molecular formula is C27H22BrN5O2. The van der Waals surface area contributed by atoms with Gasteiger partial charge in [0.25, 0.3) is 5.91 Å². The third kappa shape index (κ3) is 4.81. The molecule has 0 spiro atoms. The minimum Gasteiger partial charge on any atom is -0.497 e. The van der Waals surface area contributed by atoms with E-state index in [-0.39, 0.29) is 18.5 Å². The summed E-state index contributed by atoms with van der Waals surface area (Å²) in [6, 6.07) is 19.2. The van der Waals surface area contributed by atoms with Crippen LogP contribution in [0.3, 0.4) is 0 Å². The van der Waals surface area contributed by atoms with Gasteiger partial charge in [0.1, 0.15) is 11.4 Å². The molecule has 1 aliphatic heterocycles. The van der Waals surface area contributed by atoms with Crippen molar-refractivity contribution in [1.29, 1.82) is 0 Å². The van der Waals surface area contributed by atoms with Crippen molar-refractivity contribution in [3.8, 4) is 17.6 Å². The smallest absolute Gasteiger partial charge is 0.255 e. The molecule has 4 aromatic rings. The normalized spacial score (nSPS) is 14.4. The second kappa shape index (κ2) is 10.1. The highest BCUT2D eigenvalue weighted by molar-refractivity contribution is 9.10. The highest BCUT2D eigenvalue weighted by Crippen LogP contribution is 2.36. The predicted molar refractivity (Wildman–Crippen MR) is 135 cm³/mol. The summed E-state index contributed by atoms with van der Waals surface area (Å²) in [5.41, 5.74) is 4.38. The van der Waals surface area contributed by atoms with E-state index in [1.807, 2.05) is 65.6 Å². The van der Waals surface area contributed by atoms with E-state index in [2.05, 4.69) is 43.1 Å². The number of fused-ring (bicyclic) bond motifs is 1. The van der Waals surface area contributed by atoms with Crippen molar-refractivity contribution in [2.24, 2.45) is 0 Å². The van der Waals surface area contributed by atoms with Gasteiger partial charge in [-0.2, -0.15) is 0 Å². The number of aromatic nitrogens is 4. The molecule has 3 heterocycles. The van der Waals surface area contributed by atoms with Crippen molar-refractivity contribution in [1.82, 2.24) is 24.9 Å². The number of amides is 1. The van der Waals surface area contributed by atoms with E-state index in [9.17, 15) is 4.79 Å². The van der Waals surface area contributed by atoms with Gasteiger partial charge in [0.15, 0.2) is 0 Å². The van der Waals surface area contributed by atoms with Crippen LogP contribution >= 0.6 is 15.9 Å². The number of carbonyl (C=O) groups excluding carboxylic acids is 1. The first-order valence-electron chi connectivity index (χ1n) is 11.1. The zero-order valence-electron chi connectivity index (χ0n) is 19.1. The van der Waals surface area contributed by atoms with Gasteiger partial charge in [-0.3, -0.25) is 9.78 Å². The number of hydrogen-bond acceptors (Lipinski definition) is 5. The van der Waals surface area contributed by atoms with Gasteiger partial charge in [0, 0.05) is 22.7 Å². The molecular weight excluding hydrogens is 506 g/mol. The second-order valence-corrected chi connectivity index (χ2v) is 8.95. The van der Waals surface area contributed by atoms with Gasteiger partial charge in [-0.05, 0) is 63.3 Å². The van der Waals surface area contributed by atoms with Gasteiger partial charge in [0.05, 0.1) is 38.1 Å². The summed E-state index contributed by atoms with van der Waals surface area (Å²) < 4.78 is 7.89. The van der Waals surface area contributed by atoms with Gasteiger partial charge < -0.3 is 9.64 Å². The highest BCUT2D eigenvalue weighted by atomic mass is 79.9. The first-order chi connectivity index (χ1) is 17.1. The number of rotatable bonds is 6. The van der Waals surface area contributed by atoms with Crippen LogP contribution in [0, 0.1) is 11.8 Å². The standard InChI is InChI=1S/C27H22BrN5O2/c1-35-21-12-10-19(11-13-21)18-33-20(17-30-31-33)6-5-15-32-26(16-25-24(28)9-4-14-29-25)22-7-2-3-8-23(22)27(32)34/h2-4,7-14,17,26H,15-16,18H2,1H3. The average molecular weight is 528 g/mol. The van der Waals surface area contributed by atoms with E-state index >= 15 is 0 Å². The van der Waals surface area contributed by atoms with Crippen LogP contribution in [0.2, 0.25) is 0 Å². The fourth-order valence-electron chi connectivity index (χ4n) is 4.19. The molecule has 1 aliphatic rings. The van der Waals surface area contributed by atoms with Crippen LogP contribution in [0.5, 0.6) is 5.75 Å². The molecule has 1 unspecified atom stereocenters.